The molecule has 3 aromatic carbocycles. The quantitative estimate of drug-likeness (QED) is 0.695. The first-order valence-electron chi connectivity index (χ1n) is 7.62. The Kier molecular flexibility index (Phi) is 2.75. The summed E-state index contributed by atoms with van der Waals surface area (Å²) in [6.45, 7) is 4.15. The molecule has 1 nitrogen and oxygen atoms in total. The highest BCUT2D eigenvalue weighted by molar-refractivity contribution is 5.82. The Morgan fingerprint density at radius 1 is 0.682 bits per heavy atom. The van der Waals surface area contributed by atoms with Crippen molar-refractivity contribution in [3.63, 3.8) is 0 Å². The molecular weight excluding hydrogens is 268 g/mol. The zero-order valence-corrected chi connectivity index (χ0v) is 12.8. The van der Waals surface area contributed by atoms with Gasteiger partial charge in [0.25, 0.3) is 0 Å². The largest absolute Gasteiger partial charge is 0.376 e. The van der Waals surface area contributed by atoms with Crippen LogP contribution in [-0.2, 0) is 5.60 Å². The lowest BCUT2D eigenvalue weighted by molar-refractivity contribution is 0.130. The molecule has 4 rings (SSSR count). The first-order chi connectivity index (χ1) is 10.6. The maximum absolute atomic E-state index is 11.7. The van der Waals surface area contributed by atoms with Gasteiger partial charge in [-0.1, -0.05) is 72.3 Å². The fourth-order valence-electron chi connectivity index (χ4n) is 3.72. The van der Waals surface area contributed by atoms with Crippen molar-refractivity contribution in [3.05, 3.63) is 94.5 Å². The van der Waals surface area contributed by atoms with Gasteiger partial charge in [0, 0.05) is 11.1 Å². The van der Waals surface area contributed by atoms with Gasteiger partial charge in [-0.2, -0.15) is 0 Å². The summed E-state index contributed by atoms with van der Waals surface area (Å²) in [6.07, 6.45) is 0. The van der Waals surface area contributed by atoms with Gasteiger partial charge >= 0.3 is 0 Å². The van der Waals surface area contributed by atoms with Crippen molar-refractivity contribution in [1.82, 2.24) is 0 Å². The van der Waals surface area contributed by atoms with Gasteiger partial charge < -0.3 is 5.11 Å². The van der Waals surface area contributed by atoms with Crippen LogP contribution < -0.4 is 0 Å². The Balaban J connectivity index is 2.09. The zero-order chi connectivity index (χ0) is 15.3. The average molecular weight is 286 g/mol. The van der Waals surface area contributed by atoms with E-state index in [0.717, 1.165) is 33.4 Å². The van der Waals surface area contributed by atoms with Crippen LogP contribution in [0.3, 0.4) is 0 Å². The lowest BCUT2D eigenvalue weighted by Gasteiger charge is -2.28. The highest BCUT2D eigenvalue weighted by Gasteiger charge is 2.43. The number of hydrogen-bond donors (Lipinski definition) is 1. The zero-order valence-electron chi connectivity index (χ0n) is 12.8. The van der Waals surface area contributed by atoms with E-state index in [1.54, 1.807) is 0 Å². The summed E-state index contributed by atoms with van der Waals surface area (Å²) in [7, 11) is 0. The van der Waals surface area contributed by atoms with E-state index in [1.807, 2.05) is 36.4 Å². The molecule has 108 valence electrons. The lowest BCUT2D eigenvalue weighted by Crippen LogP contribution is -2.27. The maximum atomic E-state index is 11.7. The van der Waals surface area contributed by atoms with Gasteiger partial charge in [-0.25, -0.2) is 0 Å². The van der Waals surface area contributed by atoms with E-state index in [1.165, 1.54) is 5.56 Å². The molecule has 3 aromatic rings. The van der Waals surface area contributed by atoms with Crippen LogP contribution in [0.1, 0.15) is 27.8 Å². The van der Waals surface area contributed by atoms with E-state index >= 15 is 0 Å². The van der Waals surface area contributed by atoms with Gasteiger partial charge in [-0.05, 0) is 36.1 Å². The topological polar surface area (TPSA) is 20.2 Å². The van der Waals surface area contributed by atoms with Crippen LogP contribution in [-0.4, -0.2) is 5.11 Å². The summed E-state index contributed by atoms with van der Waals surface area (Å²) >= 11 is 0. The van der Waals surface area contributed by atoms with E-state index in [-0.39, 0.29) is 0 Å². The highest BCUT2D eigenvalue weighted by Crippen LogP contribution is 2.51. The molecule has 0 radical (unpaired) electrons. The fourth-order valence-corrected chi connectivity index (χ4v) is 3.72. The monoisotopic (exact) mass is 286 g/mol. The Bertz CT molecular complexity index is 831. The number of rotatable bonds is 1. The van der Waals surface area contributed by atoms with Crippen molar-refractivity contribution in [1.29, 1.82) is 0 Å². The average Bonchev–Trinajstić information content (AvgIpc) is 2.79. The summed E-state index contributed by atoms with van der Waals surface area (Å²) in [6, 6.07) is 22.6. The molecule has 0 aliphatic heterocycles. The Morgan fingerprint density at radius 2 is 1.23 bits per heavy atom. The molecule has 0 saturated heterocycles. The SMILES string of the molecule is Cc1ccc(C2(O)c3ccccc3-c3ccccc32)c(C)c1. The van der Waals surface area contributed by atoms with E-state index < -0.39 is 5.60 Å². The summed E-state index contributed by atoms with van der Waals surface area (Å²) < 4.78 is 0. The van der Waals surface area contributed by atoms with Gasteiger partial charge in [0.2, 0.25) is 0 Å². The van der Waals surface area contributed by atoms with Crippen molar-refractivity contribution in [2.45, 2.75) is 19.4 Å². The minimum Gasteiger partial charge on any atom is -0.376 e. The van der Waals surface area contributed by atoms with Gasteiger partial charge in [-0.3, -0.25) is 0 Å². The third-order valence-corrected chi connectivity index (χ3v) is 4.70. The number of benzene rings is 3. The molecule has 0 saturated carbocycles. The first-order valence-corrected chi connectivity index (χ1v) is 7.62. The summed E-state index contributed by atoms with van der Waals surface area (Å²) in [5.74, 6) is 0. The molecule has 1 aliphatic carbocycles. The number of fused-ring (bicyclic) bond motifs is 3. The Morgan fingerprint density at radius 3 is 1.77 bits per heavy atom. The van der Waals surface area contributed by atoms with Crippen LogP contribution in [0.25, 0.3) is 11.1 Å². The molecule has 0 heterocycles. The van der Waals surface area contributed by atoms with E-state index in [9.17, 15) is 5.11 Å². The molecule has 22 heavy (non-hydrogen) atoms. The molecule has 0 aromatic heterocycles. The van der Waals surface area contributed by atoms with E-state index in [4.69, 9.17) is 0 Å². The second-order valence-corrected chi connectivity index (χ2v) is 6.12. The number of aliphatic hydroxyl groups is 1. The first kappa shape index (κ1) is 13.3. The normalized spacial score (nSPS) is 14.5. The van der Waals surface area contributed by atoms with Gasteiger partial charge in [0.1, 0.15) is 5.60 Å². The van der Waals surface area contributed by atoms with Crippen molar-refractivity contribution in [3.8, 4) is 11.1 Å². The predicted octanol–water partition coefficient (Wildman–Crippen LogP) is 4.57. The number of hydrogen-bond acceptors (Lipinski definition) is 1. The fraction of sp³-hybridized carbons (Fsp3) is 0.143. The lowest BCUT2D eigenvalue weighted by atomic mass is 9.81. The van der Waals surface area contributed by atoms with Crippen LogP contribution in [0, 0.1) is 13.8 Å². The molecule has 1 aliphatic rings. The molecule has 0 fully saturated rings. The predicted molar refractivity (Wildman–Crippen MR) is 89.9 cm³/mol. The summed E-state index contributed by atoms with van der Waals surface area (Å²) in [5, 5.41) is 11.7. The molecule has 0 amide bonds. The van der Waals surface area contributed by atoms with Crippen molar-refractivity contribution < 1.29 is 5.11 Å². The standard InChI is InChI=1S/C21H18O/c1-14-11-12-18(15(2)13-14)21(22)19-9-5-3-7-16(19)17-8-4-6-10-20(17)21/h3-13,22H,1-2H3. The van der Waals surface area contributed by atoms with Gasteiger partial charge in [0.15, 0.2) is 0 Å². The molecule has 1 heteroatoms. The van der Waals surface area contributed by atoms with Gasteiger partial charge in [-0.15, -0.1) is 0 Å². The minimum absolute atomic E-state index is 0.968. The molecule has 0 bridgehead atoms. The van der Waals surface area contributed by atoms with Crippen LogP contribution in [0.4, 0.5) is 0 Å². The second-order valence-electron chi connectivity index (χ2n) is 6.12. The van der Waals surface area contributed by atoms with Crippen molar-refractivity contribution >= 4 is 0 Å². The summed E-state index contributed by atoms with van der Waals surface area (Å²) in [5.41, 5.74) is 6.44. The smallest absolute Gasteiger partial charge is 0.142 e. The third-order valence-electron chi connectivity index (χ3n) is 4.70. The molecule has 0 spiro atoms. The Hall–Kier alpha value is -2.38. The van der Waals surface area contributed by atoms with Crippen LogP contribution in [0.2, 0.25) is 0 Å². The maximum Gasteiger partial charge on any atom is 0.142 e. The molecule has 0 unspecified atom stereocenters. The second kappa shape index (κ2) is 4.56. The molecule has 1 N–H and O–H groups in total. The number of aryl methyl sites for hydroxylation is 2. The summed E-state index contributed by atoms with van der Waals surface area (Å²) in [4.78, 5) is 0. The Labute approximate surface area is 130 Å². The third kappa shape index (κ3) is 1.63. The highest BCUT2D eigenvalue weighted by atomic mass is 16.3. The van der Waals surface area contributed by atoms with E-state index in [0.29, 0.717) is 0 Å². The van der Waals surface area contributed by atoms with Crippen molar-refractivity contribution in [2.75, 3.05) is 0 Å². The van der Waals surface area contributed by atoms with Crippen LogP contribution >= 0.6 is 0 Å². The van der Waals surface area contributed by atoms with Crippen molar-refractivity contribution in [2.24, 2.45) is 0 Å². The van der Waals surface area contributed by atoms with Crippen LogP contribution in [0.5, 0.6) is 0 Å². The van der Waals surface area contributed by atoms with E-state index in [2.05, 4.69) is 44.2 Å². The minimum atomic E-state index is -1.06. The molecular formula is C21H18O. The van der Waals surface area contributed by atoms with Gasteiger partial charge in [0.05, 0.1) is 0 Å². The van der Waals surface area contributed by atoms with Crippen LogP contribution in [0.15, 0.2) is 66.7 Å². The molecule has 0 atom stereocenters.